The molecule has 1 aromatic rings. The van der Waals surface area contributed by atoms with Gasteiger partial charge in [-0.2, -0.15) is 0 Å². The van der Waals surface area contributed by atoms with Crippen molar-refractivity contribution in [3.8, 4) is 0 Å². The predicted octanol–water partition coefficient (Wildman–Crippen LogP) is 1.78. The number of imide groups is 2. The zero-order valence-corrected chi connectivity index (χ0v) is 10.8. The zero-order chi connectivity index (χ0) is 13.8. The second kappa shape index (κ2) is 5.65. The van der Waals surface area contributed by atoms with Crippen LogP contribution in [0.25, 0.3) is 0 Å². The van der Waals surface area contributed by atoms with Crippen molar-refractivity contribution >= 4 is 17.8 Å². The van der Waals surface area contributed by atoms with Gasteiger partial charge in [-0.3, -0.25) is 19.4 Å². The van der Waals surface area contributed by atoms with Crippen molar-refractivity contribution in [3.63, 3.8) is 0 Å². The molecule has 4 amide bonds. The molecule has 0 spiro atoms. The summed E-state index contributed by atoms with van der Waals surface area (Å²) < 4.78 is 0. The summed E-state index contributed by atoms with van der Waals surface area (Å²) in [5.74, 6) is -0.827. The summed E-state index contributed by atoms with van der Waals surface area (Å²) in [5, 5.41) is 0. The van der Waals surface area contributed by atoms with Crippen LogP contribution in [0.2, 0.25) is 0 Å². The van der Waals surface area contributed by atoms with Crippen molar-refractivity contribution in [2.75, 3.05) is 6.54 Å². The van der Waals surface area contributed by atoms with Crippen molar-refractivity contribution in [2.45, 2.75) is 26.3 Å². The Morgan fingerprint density at radius 2 is 1.63 bits per heavy atom. The number of nitrogens with zero attached hydrogens (tertiary/aromatic N) is 2. The molecule has 1 aliphatic rings. The lowest BCUT2D eigenvalue weighted by Gasteiger charge is -2.32. The Hall–Kier alpha value is -2.17. The number of hydrogen-bond acceptors (Lipinski definition) is 3. The van der Waals surface area contributed by atoms with E-state index in [1.165, 1.54) is 0 Å². The predicted molar refractivity (Wildman–Crippen MR) is 69.0 cm³/mol. The van der Waals surface area contributed by atoms with Gasteiger partial charge >= 0.3 is 6.03 Å². The molecule has 1 aromatic carbocycles. The fraction of sp³-hybridized carbons (Fsp3) is 0.357. The highest BCUT2D eigenvalue weighted by atomic mass is 16.2. The first-order valence-electron chi connectivity index (χ1n) is 6.32. The molecule has 0 saturated carbocycles. The zero-order valence-electron chi connectivity index (χ0n) is 10.8. The van der Waals surface area contributed by atoms with Crippen LogP contribution in [0.3, 0.4) is 0 Å². The highest BCUT2D eigenvalue weighted by Gasteiger charge is 2.37. The molecule has 0 N–H and O–H groups in total. The van der Waals surface area contributed by atoms with E-state index in [9.17, 15) is 14.4 Å². The van der Waals surface area contributed by atoms with Crippen LogP contribution in [0.5, 0.6) is 0 Å². The maximum atomic E-state index is 12.2. The monoisotopic (exact) mass is 260 g/mol. The fourth-order valence-corrected chi connectivity index (χ4v) is 2.05. The van der Waals surface area contributed by atoms with Crippen LogP contribution in [-0.2, 0) is 16.1 Å². The van der Waals surface area contributed by atoms with Crippen molar-refractivity contribution in [3.05, 3.63) is 35.9 Å². The summed E-state index contributed by atoms with van der Waals surface area (Å²) in [6, 6.07) is 8.76. The second-order valence-electron chi connectivity index (χ2n) is 4.47. The van der Waals surface area contributed by atoms with Crippen molar-refractivity contribution in [1.82, 2.24) is 9.80 Å². The minimum Gasteiger partial charge on any atom is -0.274 e. The number of amides is 4. The molecule has 1 aliphatic heterocycles. The van der Waals surface area contributed by atoms with Gasteiger partial charge in [0.15, 0.2) is 0 Å². The van der Waals surface area contributed by atoms with Gasteiger partial charge in [0.1, 0.15) is 6.42 Å². The summed E-state index contributed by atoms with van der Waals surface area (Å²) in [7, 11) is 0. The Morgan fingerprint density at radius 3 is 2.26 bits per heavy atom. The molecule has 5 heteroatoms. The van der Waals surface area contributed by atoms with E-state index >= 15 is 0 Å². The first kappa shape index (κ1) is 13.3. The molecule has 0 atom stereocenters. The number of barbiturate groups is 1. The van der Waals surface area contributed by atoms with Gasteiger partial charge in [-0.15, -0.1) is 0 Å². The quantitative estimate of drug-likeness (QED) is 0.775. The number of carbonyl (C=O) groups is 3. The Bertz CT molecular complexity index is 499. The standard InChI is InChI=1S/C14H16N2O3/c1-2-8-15-12(17)9-13(18)16(14(15)19)10-11-6-4-3-5-7-11/h3-7H,2,8-10H2,1H3. The number of urea groups is 1. The summed E-state index contributed by atoms with van der Waals surface area (Å²) in [5.41, 5.74) is 0.870. The van der Waals surface area contributed by atoms with Gasteiger partial charge < -0.3 is 0 Å². The van der Waals surface area contributed by atoms with Gasteiger partial charge in [-0.25, -0.2) is 4.79 Å². The molecule has 0 bridgehead atoms. The van der Waals surface area contributed by atoms with E-state index in [0.717, 1.165) is 15.4 Å². The van der Waals surface area contributed by atoms with Gasteiger partial charge in [-0.1, -0.05) is 37.3 Å². The van der Waals surface area contributed by atoms with Crippen LogP contribution >= 0.6 is 0 Å². The fourth-order valence-electron chi connectivity index (χ4n) is 2.05. The Kier molecular flexibility index (Phi) is 3.94. The summed E-state index contributed by atoms with van der Waals surface area (Å²) in [6.07, 6.45) is 0.462. The molecule has 0 aromatic heterocycles. The normalized spacial score (nSPS) is 16.2. The molecule has 5 nitrogen and oxygen atoms in total. The highest BCUT2D eigenvalue weighted by molar-refractivity contribution is 6.13. The van der Waals surface area contributed by atoms with E-state index in [1.54, 1.807) is 0 Å². The van der Waals surface area contributed by atoms with E-state index in [-0.39, 0.29) is 13.0 Å². The molecule has 0 aliphatic carbocycles. The number of hydrogen-bond donors (Lipinski definition) is 0. The van der Waals surface area contributed by atoms with Crippen molar-refractivity contribution < 1.29 is 14.4 Å². The Labute approximate surface area is 111 Å². The SMILES string of the molecule is CCCN1C(=O)CC(=O)N(Cc2ccccc2)C1=O. The maximum absolute atomic E-state index is 12.2. The second-order valence-corrected chi connectivity index (χ2v) is 4.47. The molecule has 19 heavy (non-hydrogen) atoms. The minimum atomic E-state index is -0.507. The van der Waals surface area contributed by atoms with Crippen LogP contribution in [0.4, 0.5) is 4.79 Å². The molecule has 0 unspecified atom stereocenters. The van der Waals surface area contributed by atoms with E-state index in [2.05, 4.69) is 0 Å². The molecule has 1 fully saturated rings. The lowest BCUT2D eigenvalue weighted by atomic mass is 10.2. The van der Waals surface area contributed by atoms with Gasteiger partial charge in [0, 0.05) is 6.54 Å². The third-order valence-corrected chi connectivity index (χ3v) is 3.00. The third kappa shape index (κ3) is 2.81. The van der Waals surface area contributed by atoms with E-state index in [4.69, 9.17) is 0 Å². The molecule has 2 rings (SSSR count). The van der Waals surface area contributed by atoms with Crippen LogP contribution in [0.1, 0.15) is 25.3 Å². The smallest absolute Gasteiger partial charge is 0.274 e. The maximum Gasteiger partial charge on any atom is 0.333 e. The summed E-state index contributed by atoms with van der Waals surface area (Å²) in [6.45, 7) is 2.46. The van der Waals surface area contributed by atoms with Gasteiger partial charge in [0.05, 0.1) is 6.54 Å². The molecule has 1 saturated heterocycles. The Morgan fingerprint density at radius 1 is 1.00 bits per heavy atom. The number of benzene rings is 1. The Balaban J connectivity index is 2.17. The van der Waals surface area contributed by atoms with Gasteiger partial charge in [0.25, 0.3) is 0 Å². The molecule has 0 radical (unpaired) electrons. The van der Waals surface area contributed by atoms with E-state index in [1.807, 2.05) is 37.3 Å². The third-order valence-electron chi connectivity index (χ3n) is 3.00. The lowest BCUT2D eigenvalue weighted by Crippen LogP contribution is -2.54. The first-order chi connectivity index (χ1) is 9.13. The van der Waals surface area contributed by atoms with Crippen molar-refractivity contribution in [1.29, 1.82) is 0 Å². The van der Waals surface area contributed by atoms with Crippen LogP contribution in [-0.4, -0.2) is 34.2 Å². The van der Waals surface area contributed by atoms with Crippen molar-refractivity contribution in [2.24, 2.45) is 0 Å². The van der Waals surface area contributed by atoms with Gasteiger partial charge in [-0.05, 0) is 12.0 Å². The number of carbonyl (C=O) groups excluding carboxylic acids is 3. The van der Waals surface area contributed by atoms with Crippen LogP contribution < -0.4 is 0 Å². The summed E-state index contributed by atoms with van der Waals surface area (Å²) >= 11 is 0. The molecular formula is C14H16N2O3. The first-order valence-corrected chi connectivity index (χ1v) is 6.32. The average Bonchev–Trinajstić information content (AvgIpc) is 2.41. The van der Waals surface area contributed by atoms with E-state index in [0.29, 0.717) is 13.0 Å². The van der Waals surface area contributed by atoms with Gasteiger partial charge in [0.2, 0.25) is 11.8 Å². The summed E-state index contributed by atoms with van der Waals surface area (Å²) in [4.78, 5) is 37.9. The molecular weight excluding hydrogens is 244 g/mol. The molecule has 1 heterocycles. The minimum absolute atomic E-state index is 0.214. The van der Waals surface area contributed by atoms with Crippen LogP contribution in [0, 0.1) is 0 Å². The lowest BCUT2D eigenvalue weighted by molar-refractivity contribution is -0.142. The van der Waals surface area contributed by atoms with Crippen LogP contribution in [0.15, 0.2) is 30.3 Å². The average molecular weight is 260 g/mol. The largest absolute Gasteiger partial charge is 0.333 e. The highest BCUT2D eigenvalue weighted by Crippen LogP contribution is 2.16. The number of rotatable bonds is 4. The topological polar surface area (TPSA) is 57.7 Å². The van der Waals surface area contributed by atoms with E-state index < -0.39 is 17.8 Å². The molecule has 100 valence electrons.